The highest BCUT2D eigenvalue weighted by Gasteiger charge is 2.33. The van der Waals surface area contributed by atoms with Crippen molar-refractivity contribution in [2.24, 2.45) is 0 Å². The minimum absolute atomic E-state index is 0.298. The maximum Gasteiger partial charge on any atom is 0.418 e. The number of fused-ring (bicyclic) bond motifs is 1. The molecule has 0 spiro atoms. The highest BCUT2D eigenvalue weighted by atomic mass is 19.4. The van der Waals surface area contributed by atoms with E-state index in [4.69, 9.17) is 0 Å². The number of aryl methyl sites for hydroxylation is 1. The highest BCUT2D eigenvalue weighted by Crippen LogP contribution is 2.34. The Morgan fingerprint density at radius 2 is 1.90 bits per heavy atom. The van der Waals surface area contributed by atoms with Gasteiger partial charge in [-0.05, 0) is 37.3 Å². The number of aromatic nitrogens is 3. The number of likely N-dealkylation sites (N-methyl/N-ethyl adjacent to an activating group) is 1. The van der Waals surface area contributed by atoms with Crippen LogP contribution in [0, 0.1) is 0 Å². The van der Waals surface area contributed by atoms with Crippen molar-refractivity contribution < 1.29 is 22.8 Å². The van der Waals surface area contributed by atoms with Gasteiger partial charge in [-0.15, -0.1) is 5.10 Å². The van der Waals surface area contributed by atoms with Crippen LogP contribution < -0.4 is 5.32 Å². The van der Waals surface area contributed by atoms with Crippen molar-refractivity contribution in [1.82, 2.24) is 19.9 Å². The molecule has 2 aromatic carbocycles. The number of anilines is 1. The second-order valence-corrected chi connectivity index (χ2v) is 6.36. The Kier molecular flexibility index (Phi) is 5.53. The predicted octanol–water partition coefficient (Wildman–Crippen LogP) is 3.18. The summed E-state index contributed by atoms with van der Waals surface area (Å²) in [5.74, 6) is -1.20. The van der Waals surface area contributed by atoms with Crippen LogP contribution in [-0.4, -0.2) is 45.3 Å². The van der Waals surface area contributed by atoms with E-state index in [0.717, 1.165) is 22.5 Å². The van der Waals surface area contributed by atoms with E-state index in [-0.39, 0.29) is 5.69 Å². The number of rotatable bonds is 5. The zero-order valence-electron chi connectivity index (χ0n) is 15.7. The fraction of sp³-hybridized carbons (Fsp3) is 0.263. The van der Waals surface area contributed by atoms with Crippen molar-refractivity contribution in [3.63, 3.8) is 0 Å². The Balaban J connectivity index is 1.71. The molecule has 10 heteroatoms. The summed E-state index contributed by atoms with van der Waals surface area (Å²) in [5, 5.41) is 10.2. The average molecular weight is 405 g/mol. The molecule has 1 aromatic heterocycles. The van der Waals surface area contributed by atoms with Crippen LogP contribution in [0.1, 0.15) is 22.8 Å². The normalized spacial score (nSPS) is 11.5. The van der Waals surface area contributed by atoms with E-state index in [1.165, 1.54) is 19.2 Å². The van der Waals surface area contributed by atoms with Gasteiger partial charge in [0.15, 0.2) is 0 Å². The van der Waals surface area contributed by atoms with Crippen molar-refractivity contribution in [3.8, 4) is 0 Å². The molecule has 29 heavy (non-hydrogen) atoms. The SMILES string of the molecule is CCn1nnc2cc(C(=O)N(C)CC(=O)Nc3ccccc3C(F)(F)F)ccc21. The maximum absolute atomic E-state index is 13.0. The number of nitrogens with one attached hydrogen (secondary N) is 1. The number of hydrogen-bond donors (Lipinski definition) is 1. The molecule has 0 radical (unpaired) electrons. The van der Waals surface area contributed by atoms with Crippen LogP contribution in [0.3, 0.4) is 0 Å². The molecule has 0 unspecified atom stereocenters. The van der Waals surface area contributed by atoms with Crippen molar-refractivity contribution in [2.45, 2.75) is 19.6 Å². The zero-order chi connectivity index (χ0) is 21.2. The molecule has 0 aliphatic heterocycles. The van der Waals surface area contributed by atoms with E-state index < -0.39 is 30.1 Å². The third-order valence-electron chi connectivity index (χ3n) is 4.29. The summed E-state index contributed by atoms with van der Waals surface area (Å²) in [4.78, 5) is 25.9. The minimum atomic E-state index is -4.60. The van der Waals surface area contributed by atoms with E-state index in [1.54, 1.807) is 22.9 Å². The number of alkyl halides is 3. The van der Waals surface area contributed by atoms with Crippen LogP contribution in [0.15, 0.2) is 42.5 Å². The van der Waals surface area contributed by atoms with E-state index in [0.29, 0.717) is 17.6 Å². The molecule has 0 saturated carbocycles. The fourth-order valence-electron chi connectivity index (χ4n) is 2.88. The molecule has 0 aliphatic carbocycles. The largest absolute Gasteiger partial charge is 0.418 e. The van der Waals surface area contributed by atoms with E-state index >= 15 is 0 Å². The second-order valence-electron chi connectivity index (χ2n) is 6.36. The molecule has 0 atom stereocenters. The van der Waals surface area contributed by atoms with Gasteiger partial charge in [0.25, 0.3) is 5.91 Å². The lowest BCUT2D eigenvalue weighted by molar-refractivity contribution is -0.137. The number of hydrogen-bond acceptors (Lipinski definition) is 4. The molecule has 0 aliphatic rings. The third kappa shape index (κ3) is 4.36. The lowest BCUT2D eigenvalue weighted by atomic mass is 10.1. The lowest BCUT2D eigenvalue weighted by Gasteiger charge is -2.18. The number of para-hydroxylation sites is 1. The number of carbonyl (C=O) groups is 2. The van der Waals surface area contributed by atoms with E-state index in [9.17, 15) is 22.8 Å². The number of nitrogens with zero attached hydrogens (tertiary/aromatic N) is 4. The summed E-state index contributed by atoms with van der Waals surface area (Å²) in [5.41, 5.74) is 0.296. The van der Waals surface area contributed by atoms with Crippen molar-refractivity contribution in [3.05, 3.63) is 53.6 Å². The zero-order valence-corrected chi connectivity index (χ0v) is 15.7. The molecule has 2 amide bonds. The first-order valence-corrected chi connectivity index (χ1v) is 8.75. The first kappa shape index (κ1) is 20.3. The van der Waals surface area contributed by atoms with Crippen LogP contribution in [0.2, 0.25) is 0 Å². The van der Waals surface area contributed by atoms with Gasteiger partial charge in [-0.1, -0.05) is 17.3 Å². The smallest absolute Gasteiger partial charge is 0.332 e. The quantitative estimate of drug-likeness (QED) is 0.707. The van der Waals surface area contributed by atoms with Gasteiger partial charge in [0.1, 0.15) is 5.52 Å². The number of carbonyl (C=O) groups excluding carboxylic acids is 2. The molecule has 0 fully saturated rings. The summed E-state index contributed by atoms with van der Waals surface area (Å²) in [6.45, 7) is 2.13. The summed E-state index contributed by atoms with van der Waals surface area (Å²) in [6, 6.07) is 9.52. The fourth-order valence-corrected chi connectivity index (χ4v) is 2.88. The molecule has 3 rings (SSSR count). The summed E-state index contributed by atoms with van der Waals surface area (Å²) >= 11 is 0. The van der Waals surface area contributed by atoms with Crippen LogP contribution in [0.25, 0.3) is 11.0 Å². The topological polar surface area (TPSA) is 80.1 Å². The Morgan fingerprint density at radius 1 is 1.17 bits per heavy atom. The van der Waals surface area contributed by atoms with Crippen LogP contribution in [0.5, 0.6) is 0 Å². The molecule has 7 nitrogen and oxygen atoms in total. The molecule has 1 heterocycles. The van der Waals surface area contributed by atoms with Gasteiger partial charge >= 0.3 is 6.18 Å². The Morgan fingerprint density at radius 3 is 2.59 bits per heavy atom. The highest BCUT2D eigenvalue weighted by molar-refractivity contribution is 6.01. The van der Waals surface area contributed by atoms with Gasteiger partial charge in [0.2, 0.25) is 5.91 Å². The average Bonchev–Trinajstić information content (AvgIpc) is 3.09. The molecule has 152 valence electrons. The summed E-state index contributed by atoms with van der Waals surface area (Å²) < 4.78 is 40.8. The van der Waals surface area contributed by atoms with Crippen LogP contribution in [-0.2, 0) is 17.5 Å². The van der Waals surface area contributed by atoms with Gasteiger partial charge < -0.3 is 10.2 Å². The van der Waals surface area contributed by atoms with Crippen molar-refractivity contribution in [1.29, 1.82) is 0 Å². The molecular formula is C19H18F3N5O2. The monoisotopic (exact) mass is 405 g/mol. The lowest BCUT2D eigenvalue weighted by Crippen LogP contribution is -2.35. The van der Waals surface area contributed by atoms with Gasteiger partial charge in [-0.2, -0.15) is 13.2 Å². The number of halogens is 3. The van der Waals surface area contributed by atoms with Gasteiger partial charge in [-0.3, -0.25) is 9.59 Å². The Labute approximate surface area is 164 Å². The second kappa shape index (κ2) is 7.90. The molecule has 3 aromatic rings. The van der Waals surface area contributed by atoms with Gasteiger partial charge in [-0.25, -0.2) is 4.68 Å². The maximum atomic E-state index is 13.0. The van der Waals surface area contributed by atoms with Crippen LogP contribution in [0.4, 0.5) is 18.9 Å². The summed E-state index contributed by atoms with van der Waals surface area (Å²) in [7, 11) is 1.39. The third-order valence-corrected chi connectivity index (χ3v) is 4.29. The Hall–Kier alpha value is -3.43. The van der Waals surface area contributed by atoms with E-state index in [2.05, 4.69) is 15.6 Å². The van der Waals surface area contributed by atoms with Crippen molar-refractivity contribution in [2.75, 3.05) is 18.9 Å². The van der Waals surface area contributed by atoms with E-state index in [1.807, 2.05) is 6.92 Å². The predicted molar refractivity (Wildman–Crippen MR) is 100 cm³/mol. The molecule has 0 bridgehead atoms. The first-order chi connectivity index (χ1) is 13.7. The van der Waals surface area contributed by atoms with Gasteiger partial charge in [0, 0.05) is 19.2 Å². The minimum Gasteiger partial charge on any atom is -0.332 e. The van der Waals surface area contributed by atoms with Crippen LogP contribution >= 0.6 is 0 Å². The Bertz CT molecular complexity index is 1060. The number of benzene rings is 2. The molecule has 0 saturated heterocycles. The number of amides is 2. The summed E-state index contributed by atoms with van der Waals surface area (Å²) in [6.07, 6.45) is -4.60. The standard InChI is InChI=1S/C19H18F3N5O2/c1-3-27-16-9-8-12(10-15(16)24-25-27)18(29)26(2)11-17(28)23-14-7-5-4-6-13(14)19(20,21)22/h4-10H,3,11H2,1-2H3,(H,23,28). The first-order valence-electron chi connectivity index (χ1n) is 8.75. The molecular weight excluding hydrogens is 387 g/mol. The molecule has 1 N–H and O–H groups in total. The van der Waals surface area contributed by atoms with Gasteiger partial charge in [0.05, 0.1) is 23.3 Å². The van der Waals surface area contributed by atoms with Crippen molar-refractivity contribution >= 4 is 28.5 Å².